The fraction of sp³-hybridized carbons (Fsp3) is 0.842. The van der Waals surface area contributed by atoms with Gasteiger partial charge in [0.15, 0.2) is 0 Å². The molecule has 5 rings (SSSR count). The van der Waals surface area contributed by atoms with Crippen LogP contribution in [0.1, 0.15) is 140 Å². The van der Waals surface area contributed by atoms with Crippen molar-refractivity contribution in [3.8, 4) is 0 Å². The van der Waals surface area contributed by atoms with Crippen LogP contribution in [0.2, 0.25) is 39.3 Å². The molecule has 0 saturated heterocycles. The van der Waals surface area contributed by atoms with Crippen LogP contribution in [0, 0.1) is 13.1 Å². The maximum Gasteiger partial charge on any atom is 3.00 e. The first kappa shape index (κ1) is 41.8. The zero-order valence-corrected chi connectivity index (χ0v) is 37.3. The summed E-state index contributed by atoms with van der Waals surface area (Å²) >= 11 is 0. The van der Waals surface area contributed by atoms with Crippen LogP contribution in [-0.2, 0) is 45.0 Å². The molecule has 0 bridgehead atoms. The van der Waals surface area contributed by atoms with E-state index in [9.17, 15) is 0 Å². The van der Waals surface area contributed by atoms with Gasteiger partial charge < -0.3 is 18.1 Å². The van der Waals surface area contributed by atoms with Gasteiger partial charge in [0.2, 0.25) is 0 Å². The first-order valence-electron chi connectivity index (χ1n) is 18.9. The summed E-state index contributed by atoms with van der Waals surface area (Å²) in [7, 11) is -2.34. The zero-order valence-electron chi connectivity index (χ0n) is 30.5. The van der Waals surface area contributed by atoms with Gasteiger partial charge in [-0.3, -0.25) is 0 Å². The van der Waals surface area contributed by atoms with Crippen molar-refractivity contribution in [3.05, 3.63) is 36.6 Å². The van der Waals surface area contributed by atoms with Crippen LogP contribution in [-0.4, -0.2) is 38.8 Å². The standard InChI is InChI=1S/C30H50NP2.2C4H11Si.Y/c1-5-13-27(14-6-1)32(28-15-7-2-8-16-28)23-25-21-22-26(31-25)24-33(29-17-9-3-10-18-29)30-19-11-4-12-20-30;2*1-5(2,3)4;/h21-22,27-30H,1-20,23-24H2;2*1H2,2-4H3;/q3*-1;+3/p+2. The maximum atomic E-state index is 5.42. The summed E-state index contributed by atoms with van der Waals surface area (Å²) in [5, 5.41) is 0. The second-order valence-electron chi connectivity index (χ2n) is 17.4. The summed E-state index contributed by atoms with van der Waals surface area (Å²) in [4.78, 5) is 5.42. The van der Waals surface area contributed by atoms with E-state index >= 15 is 0 Å². The Morgan fingerprint density at radius 1 is 0.500 bits per heavy atom. The van der Waals surface area contributed by atoms with E-state index in [-0.39, 0.29) is 48.6 Å². The van der Waals surface area contributed by atoms with Crippen molar-refractivity contribution in [2.24, 2.45) is 0 Å². The largest absolute Gasteiger partial charge is 3.00 e. The third kappa shape index (κ3) is 17.9. The van der Waals surface area contributed by atoms with Gasteiger partial charge in [-0.25, -0.2) is 0 Å². The molecule has 4 aliphatic carbocycles. The Hall–Kier alpha value is 1.68. The van der Waals surface area contributed by atoms with Gasteiger partial charge in [0, 0.05) is 15.8 Å². The molecular weight excluding hydrogens is 677 g/mol. The van der Waals surface area contributed by atoms with Gasteiger partial charge in [-0.05, 0) is 103 Å². The predicted octanol–water partition coefficient (Wildman–Crippen LogP) is 12.8. The van der Waals surface area contributed by atoms with Crippen molar-refractivity contribution in [1.29, 1.82) is 0 Å². The fourth-order valence-corrected chi connectivity index (χ4v) is 16.5. The second kappa shape index (κ2) is 21.7. The van der Waals surface area contributed by atoms with E-state index in [0.717, 1.165) is 22.6 Å². The van der Waals surface area contributed by atoms with Crippen molar-refractivity contribution in [2.45, 2.75) is 203 Å². The summed E-state index contributed by atoms with van der Waals surface area (Å²) < 4.78 is 0. The van der Waals surface area contributed by atoms with Crippen molar-refractivity contribution in [2.75, 3.05) is 0 Å². The Labute approximate surface area is 306 Å². The Morgan fingerprint density at radius 3 is 0.909 bits per heavy atom. The minimum Gasteiger partial charge on any atom is -0.659 e. The molecule has 1 heterocycles. The second-order valence-corrected chi connectivity index (χ2v) is 33.9. The quantitative estimate of drug-likeness (QED) is 0.147. The third-order valence-corrected chi connectivity index (χ3v) is 18.1. The smallest absolute Gasteiger partial charge is 0.659 e. The van der Waals surface area contributed by atoms with Crippen molar-refractivity contribution >= 4 is 32.0 Å². The van der Waals surface area contributed by atoms with Crippen molar-refractivity contribution in [1.82, 2.24) is 4.98 Å². The van der Waals surface area contributed by atoms with Gasteiger partial charge in [-0.2, -0.15) is 0 Å². The molecule has 250 valence electrons. The molecule has 4 aliphatic rings. The van der Waals surface area contributed by atoms with Gasteiger partial charge in [-0.15, -0.1) is 27.5 Å². The first-order chi connectivity index (χ1) is 20.4. The SMILES string of the molecule is [CH2-][Si](C)(C)C.[CH2-][Si](C)(C)C.[Y+3].c1cc(C[PH+](C2CCCCC2)C2CCCCC2)[n-]c1C[PH+](C1CCCCC1)C1CCCCC1. The summed E-state index contributed by atoms with van der Waals surface area (Å²) in [5.41, 5.74) is 7.41. The van der Waals surface area contributed by atoms with E-state index in [1.807, 2.05) is 0 Å². The molecule has 0 N–H and O–H groups in total. The van der Waals surface area contributed by atoms with Crippen LogP contribution in [0.25, 0.3) is 0 Å². The zero-order chi connectivity index (χ0) is 31.3. The molecule has 44 heavy (non-hydrogen) atoms. The van der Waals surface area contributed by atoms with E-state index in [2.05, 4.69) is 64.5 Å². The number of aromatic nitrogens is 1. The minimum absolute atomic E-state index is 0. The van der Waals surface area contributed by atoms with Gasteiger partial charge >= 0.3 is 32.7 Å². The average molecular weight is 752 g/mol. The first-order valence-corrected chi connectivity index (χ1v) is 30.0. The van der Waals surface area contributed by atoms with E-state index in [4.69, 9.17) is 4.98 Å². The van der Waals surface area contributed by atoms with Crippen LogP contribution in [0.5, 0.6) is 0 Å². The van der Waals surface area contributed by atoms with Crippen LogP contribution >= 0.6 is 15.8 Å². The predicted molar refractivity (Wildman–Crippen MR) is 209 cm³/mol. The number of hydrogen-bond donors (Lipinski definition) is 0. The maximum absolute atomic E-state index is 5.42. The number of nitrogens with zero attached hydrogens (tertiary/aromatic N) is 1. The summed E-state index contributed by atoms with van der Waals surface area (Å²) in [6.45, 7) is 21.1. The van der Waals surface area contributed by atoms with E-state index in [1.54, 1.807) is 51.4 Å². The van der Waals surface area contributed by atoms with E-state index in [0.29, 0.717) is 0 Å². The molecule has 1 nitrogen and oxygen atoms in total. The topological polar surface area (TPSA) is 14.1 Å². The minimum atomic E-state index is -0.861. The molecule has 1 aromatic heterocycles. The summed E-state index contributed by atoms with van der Waals surface area (Å²) in [5.74, 6) is 0. The van der Waals surface area contributed by atoms with E-state index in [1.165, 1.54) is 101 Å². The molecule has 0 radical (unpaired) electrons. The molecule has 0 aliphatic heterocycles. The van der Waals surface area contributed by atoms with Crippen molar-refractivity contribution < 1.29 is 32.7 Å². The van der Waals surface area contributed by atoms with E-state index < -0.39 is 16.1 Å². The van der Waals surface area contributed by atoms with Crippen LogP contribution < -0.4 is 4.98 Å². The fourth-order valence-electron chi connectivity index (χ4n) is 8.20. The van der Waals surface area contributed by atoms with Crippen LogP contribution in [0.15, 0.2) is 12.1 Å². The summed E-state index contributed by atoms with van der Waals surface area (Å²) in [6, 6.07) is 4.99. The van der Waals surface area contributed by atoms with Gasteiger partial charge in [0.1, 0.15) is 0 Å². The van der Waals surface area contributed by atoms with Crippen LogP contribution in [0.4, 0.5) is 0 Å². The monoisotopic (exact) mass is 751 g/mol. The van der Waals surface area contributed by atoms with Crippen molar-refractivity contribution in [3.63, 3.8) is 0 Å². The molecule has 0 aromatic carbocycles. The Balaban J connectivity index is 0.000000535. The number of rotatable bonds is 8. The molecule has 0 unspecified atom stereocenters. The molecular formula is C38H74NP2Si2Y+2. The Kier molecular flexibility index (Phi) is 20.6. The molecule has 0 atom stereocenters. The molecule has 0 spiro atoms. The van der Waals surface area contributed by atoms with Gasteiger partial charge in [0.25, 0.3) is 0 Å². The molecule has 4 saturated carbocycles. The van der Waals surface area contributed by atoms with Gasteiger partial charge in [0.05, 0.1) is 35.0 Å². The molecule has 0 amide bonds. The summed E-state index contributed by atoms with van der Waals surface area (Å²) in [6.07, 6.45) is 33.3. The van der Waals surface area contributed by atoms with Crippen LogP contribution in [0.3, 0.4) is 0 Å². The normalized spacial score (nSPS) is 21.7. The molecule has 1 aromatic rings. The Bertz CT molecular complexity index is 738. The molecule has 4 fully saturated rings. The Morgan fingerprint density at radius 2 is 0.705 bits per heavy atom. The number of hydrogen-bond acceptors (Lipinski definition) is 0. The third-order valence-electron chi connectivity index (χ3n) is 10.0. The molecule has 6 heteroatoms. The average Bonchev–Trinajstić information content (AvgIpc) is 3.42. The van der Waals surface area contributed by atoms with Gasteiger partial charge in [-0.1, -0.05) is 77.1 Å².